The fourth-order valence-electron chi connectivity index (χ4n) is 4.14. The minimum atomic E-state index is -4.12. The number of rotatable bonds is 25. The van der Waals surface area contributed by atoms with Gasteiger partial charge < -0.3 is 20.8 Å². The van der Waals surface area contributed by atoms with Crippen LogP contribution >= 0.6 is 7.60 Å². The van der Waals surface area contributed by atoms with Crippen molar-refractivity contribution in [3.05, 3.63) is 12.2 Å². The Balaban J connectivity index is 3.94. The summed E-state index contributed by atoms with van der Waals surface area (Å²) in [5.41, 5.74) is 4.59. The minimum absolute atomic E-state index is 0.240. The zero-order valence-corrected chi connectivity index (χ0v) is 23.2. The van der Waals surface area contributed by atoms with Crippen LogP contribution in [-0.4, -0.2) is 39.7 Å². The number of allylic oxidation sites excluding steroid dienone is 2. The van der Waals surface area contributed by atoms with E-state index in [0.29, 0.717) is 25.8 Å². The van der Waals surface area contributed by atoms with Gasteiger partial charge >= 0.3 is 7.60 Å². The molecule has 5 N–H and O–H groups in total. The monoisotopic (exact) mass is 505 g/mol. The van der Waals surface area contributed by atoms with Crippen LogP contribution in [0.2, 0.25) is 0 Å². The summed E-state index contributed by atoms with van der Waals surface area (Å²) in [6.45, 7) is 4.07. The van der Waals surface area contributed by atoms with E-state index < -0.39 is 25.6 Å². The van der Waals surface area contributed by atoms with Crippen molar-refractivity contribution in [3.8, 4) is 0 Å². The molecule has 204 valence electrons. The molecule has 0 aliphatic rings. The lowest BCUT2D eigenvalue weighted by Gasteiger charge is -2.32. The van der Waals surface area contributed by atoms with Crippen LogP contribution in [-0.2, 0) is 9.09 Å². The molecule has 3 unspecified atom stereocenters. The normalized spacial score (nSPS) is 16.5. The van der Waals surface area contributed by atoms with Gasteiger partial charge in [0.05, 0.1) is 12.3 Å². The summed E-state index contributed by atoms with van der Waals surface area (Å²) in [6.07, 6.45) is 23.8. The van der Waals surface area contributed by atoms with Gasteiger partial charge in [-0.3, -0.25) is 9.09 Å². The van der Waals surface area contributed by atoms with Gasteiger partial charge in [0.1, 0.15) is 0 Å². The summed E-state index contributed by atoms with van der Waals surface area (Å²) in [6, 6.07) is 0. The summed E-state index contributed by atoms with van der Waals surface area (Å²) in [5.74, 6) is -1.62. The molecule has 0 rings (SSSR count). The molecule has 0 amide bonds. The van der Waals surface area contributed by atoms with E-state index >= 15 is 0 Å². The SMILES string of the molecule is CCCCCCCC/C=C\CCCCCCCCC(O)(CC)OP(=O)(O)C(CO)CCCCN. The Kier molecular flexibility index (Phi) is 21.9. The highest BCUT2D eigenvalue weighted by Crippen LogP contribution is 2.53. The van der Waals surface area contributed by atoms with E-state index in [4.69, 9.17) is 10.3 Å². The molecule has 0 radical (unpaired) electrons. The standard InChI is InChI=1S/C27H56NO5P/c1-3-5-6-7-8-9-10-11-12-13-14-15-16-17-18-20-23-27(30,4-2)33-34(31,32)26(25-29)22-19-21-24-28/h11-12,26,29-30H,3-10,13-25,28H2,1-2H3,(H,31,32)/b12-11-. The van der Waals surface area contributed by atoms with Gasteiger partial charge in [-0.15, -0.1) is 0 Å². The predicted molar refractivity (Wildman–Crippen MR) is 144 cm³/mol. The first-order chi connectivity index (χ1) is 16.3. The van der Waals surface area contributed by atoms with E-state index in [-0.39, 0.29) is 6.42 Å². The predicted octanol–water partition coefficient (Wildman–Crippen LogP) is 7.20. The molecule has 0 aromatic rings. The molecule has 7 heteroatoms. The summed E-state index contributed by atoms with van der Waals surface area (Å²) in [7, 11) is -4.12. The summed E-state index contributed by atoms with van der Waals surface area (Å²) < 4.78 is 18.0. The Morgan fingerprint density at radius 1 is 0.853 bits per heavy atom. The van der Waals surface area contributed by atoms with Crippen molar-refractivity contribution in [2.45, 2.75) is 147 Å². The number of nitrogens with two attached hydrogens (primary N) is 1. The number of unbranched alkanes of at least 4 members (excludes halogenated alkanes) is 13. The Bertz CT molecular complexity index is 531. The Labute approximate surface area is 210 Å². The topological polar surface area (TPSA) is 113 Å². The maximum absolute atomic E-state index is 12.7. The van der Waals surface area contributed by atoms with Crippen LogP contribution in [0.5, 0.6) is 0 Å². The highest BCUT2D eigenvalue weighted by atomic mass is 31.2. The van der Waals surface area contributed by atoms with E-state index in [2.05, 4.69) is 19.1 Å². The second kappa shape index (κ2) is 22.0. The third-order valence-electron chi connectivity index (χ3n) is 6.60. The van der Waals surface area contributed by atoms with Crippen molar-refractivity contribution >= 4 is 7.60 Å². The lowest BCUT2D eigenvalue weighted by atomic mass is 10.0. The lowest BCUT2D eigenvalue weighted by molar-refractivity contribution is -0.151. The third kappa shape index (κ3) is 18.1. The molecule has 0 saturated carbocycles. The number of hydrogen-bond donors (Lipinski definition) is 4. The molecule has 34 heavy (non-hydrogen) atoms. The average molecular weight is 506 g/mol. The van der Waals surface area contributed by atoms with Crippen LogP contribution in [0.25, 0.3) is 0 Å². The van der Waals surface area contributed by atoms with Gasteiger partial charge in [-0.1, -0.05) is 90.2 Å². The Morgan fingerprint density at radius 3 is 1.88 bits per heavy atom. The van der Waals surface area contributed by atoms with E-state index in [1.54, 1.807) is 6.92 Å². The van der Waals surface area contributed by atoms with E-state index in [1.807, 2.05) is 0 Å². The first-order valence-corrected chi connectivity index (χ1v) is 15.7. The summed E-state index contributed by atoms with van der Waals surface area (Å²) in [4.78, 5) is 10.4. The van der Waals surface area contributed by atoms with Gasteiger partial charge in [0.25, 0.3) is 0 Å². The molecule has 0 saturated heterocycles. The number of aliphatic hydroxyl groups excluding tert-OH is 1. The van der Waals surface area contributed by atoms with Gasteiger partial charge in [-0.2, -0.15) is 0 Å². The first-order valence-electron chi connectivity index (χ1n) is 14.1. The van der Waals surface area contributed by atoms with Crippen molar-refractivity contribution in [2.24, 2.45) is 5.73 Å². The molecule has 0 fully saturated rings. The summed E-state index contributed by atoms with van der Waals surface area (Å²) in [5, 5.41) is 20.2. The van der Waals surface area contributed by atoms with Crippen molar-refractivity contribution in [3.63, 3.8) is 0 Å². The number of aliphatic hydroxyl groups is 2. The molecule has 0 aliphatic heterocycles. The second-order valence-electron chi connectivity index (χ2n) is 9.76. The first kappa shape index (κ1) is 33.8. The van der Waals surface area contributed by atoms with E-state index in [9.17, 15) is 19.7 Å². The van der Waals surface area contributed by atoms with Crippen molar-refractivity contribution < 1.29 is 24.2 Å². The second-order valence-corrected chi connectivity index (χ2v) is 11.8. The smallest absolute Gasteiger partial charge is 0.335 e. The van der Waals surface area contributed by atoms with Crippen LogP contribution in [0, 0.1) is 0 Å². The lowest BCUT2D eigenvalue weighted by Crippen LogP contribution is -2.32. The largest absolute Gasteiger partial charge is 0.395 e. The molecule has 0 aliphatic carbocycles. The van der Waals surface area contributed by atoms with Gasteiger partial charge in [0.15, 0.2) is 5.79 Å². The molecule has 6 nitrogen and oxygen atoms in total. The van der Waals surface area contributed by atoms with Crippen molar-refractivity contribution in [1.29, 1.82) is 0 Å². The minimum Gasteiger partial charge on any atom is -0.395 e. The zero-order valence-electron chi connectivity index (χ0n) is 22.3. The highest BCUT2D eigenvalue weighted by molar-refractivity contribution is 7.53. The van der Waals surface area contributed by atoms with Gasteiger partial charge in [-0.05, 0) is 57.9 Å². The number of hydrogen-bond acceptors (Lipinski definition) is 5. The van der Waals surface area contributed by atoms with Crippen LogP contribution in [0.4, 0.5) is 0 Å². The summed E-state index contributed by atoms with van der Waals surface area (Å²) >= 11 is 0. The molecule has 3 atom stereocenters. The molecular weight excluding hydrogens is 449 g/mol. The van der Waals surface area contributed by atoms with E-state index in [1.165, 1.54) is 64.2 Å². The van der Waals surface area contributed by atoms with Crippen LogP contribution in [0.3, 0.4) is 0 Å². The Hall–Kier alpha value is -0.230. The van der Waals surface area contributed by atoms with Crippen LogP contribution in [0.1, 0.15) is 136 Å². The van der Waals surface area contributed by atoms with Crippen molar-refractivity contribution in [2.75, 3.05) is 13.2 Å². The molecule has 0 heterocycles. The fraction of sp³-hybridized carbons (Fsp3) is 0.926. The average Bonchev–Trinajstić information content (AvgIpc) is 2.81. The van der Waals surface area contributed by atoms with Gasteiger partial charge in [-0.25, -0.2) is 0 Å². The van der Waals surface area contributed by atoms with Crippen LogP contribution in [0.15, 0.2) is 12.2 Å². The maximum atomic E-state index is 12.7. The van der Waals surface area contributed by atoms with E-state index in [0.717, 1.165) is 32.1 Å². The quantitative estimate of drug-likeness (QED) is 0.0451. The molecular formula is C27H56NO5P. The molecule has 0 aromatic heterocycles. The fourth-order valence-corrected chi connectivity index (χ4v) is 5.71. The van der Waals surface area contributed by atoms with Crippen LogP contribution < -0.4 is 5.73 Å². The third-order valence-corrected chi connectivity index (χ3v) is 8.54. The van der Waals surface area contributed by atoms with Crippen molar-refractivity contribution in [1.82, 2.24) is 0 Å². The Morgan fingerprint density at radius 2 is 1.38 bits per heavy atom. The zero-order chi connectivity index (χ0) is 25.5. The molecule has 0 bridgehead atoms. The molecule has 0 spiro atoms. The van der Waals surface area contributed by atoms with Gasteiger partial charge in [0, 0.05) is 6.42 Å². The highest BCUT2D eigenvalue weighted by Gasteiger charge is 2.40. The van der Waals surface area contributed by atoms with Gasteiger partial charge in [0.2, 0.25) is 0 Å². The maximum Gasteiger partial charge on any atom is 0.335 e. The molecule has 0 aromatic carbocycles.